The van der Waals surface area contributed by atoms with Gasteiger partial charge in [0, 0.05) is 24.7 Å². The second-order valence-corrected chi connectivity index (χ2v) is 5.39. The fourth-order valence-electron chi connectivity index (χ4n) is 2.36. The molecule has 7 heteroatoms. The van der Waals surface area contributed by atoms with Gasteiger partial charge in [0.15, 0.2) is 11.3 Å². The van der Waals surface area contributed by atoms with Crippen LogP contribution in [0, 0.1) is 0 Å². The highest BCUT2D eigenvalue weighted by atomic mass is 35.5. The van der Waals surface area contributed by atoms with Gasteiger partial charge >= 0.3 is 0 Å². The molecule has 2 aromatic heterocycles. The Balaban J connectivity index is 2.11. The van der Waals surface area contributed by atoms with E-state index in [9.17, 15) is 14.7 Å². The van der Waals surface area contributed by atoms with Crippen LogP contribution in [0.5, 0.6) is 11.5 Å². The minimum atomic E-state index is -0.590. The van der Waals surface area contributed by atoms with Gasteiger partial charge in [0.1, 0.15) is 5.75 Å². The van der Waals surface area contributed by atoms with E-state index in [1.54, 1.807) is 30.6 Å². The van der Waals surface area contributed by atoms with Gasteiger partial charge in [-0.3, -0.25) is 9.59 Å². The Bertz CT molecular complexity index is 1010. The third-order valence-electron chi connectivity index (χ3n) is 3.54. The third-order valence-corrected chi connectivity index (χ3v) is 3.85. The zero-order valence-electron chi connectivity index (χ0n) is 12.2. The average molecular weight is 333 g/mol. The predicted molar refractivity (Wildman–Crippen MR) is 86.7 cm³/mol. The second kappa shape index (κ2) is 5.81. The molecule has 118 valence electrons. The Kier molecular flexibility index (Phi) is 3.83. The average Bonchev–Trinajstić information content (AvgIpc) is 2.55. The summed E-state index contributed by atoms with van der Waals surface area (Å²) in [4.78, 5) is 24.0. The first-order valence-electron chi connectivity index (χ1n) is 6.77. The van der Waals surface area contributed by atoms with Crippen molar-refractivity contribution in [1.29, 1.82) is 0 Å². The first-order valence-corrected chi connectivity index (χ1v) is 7.15. The summed E-state index contributed by atoms with van der Waals surface area (Å²) in [6, 6.07) is 6.40. The van der Waals surface area contributed by atoms with E-state index in [1.165, 1.54) is 28.3 Å². The molecule has 0 amide bonds. The number of fused-ring (bicyclic) bond motifs is 1. The van der Waals surface area contributed by atoms with E-state index in [0.717, 1.165) is 5.56 Å². The van der Waals surface area contributed by atoms with Gasteiger partial charge in [0.05, 0.1) is 18.7 Å². The van der Waals surface area contributed by atoms with E-state index >= 15 is 0 Å². The van der Waals surface area contributed by atoms with Crippen molar-refractivity contribution < 1.29 is 9.84 Å². The molecule has 0 saturated carbocycles. The van der Waals surface area contributed by atoms with Gasteiger partial charge in [0.2, 0.25) is 5.43 Å². The van der Waals surface area contributed by atoms with E-state index in [-0.39, 0.29) is 12.1 Å². The van der Waals surface area contributed by atoms with Crippen LogP contribution in [0.25, 0.3) is 5.52 Å². The van der Waals surface area contributed by atoms with Gasteiger partial charge < -0.3 is 18.8 Å². The molecule has 0 unspecified atom stereocenters. The summed E-state index contributed by atoms with van der Waals surface area (Å²) in [6.45, 7) is 0.255. The van der Waals surface area contributed by atoms with Crippen LogP contribution in [0.3, 0.4) is 0 Å². The molecule has 6 nitrogen and oxygen atoms in total. The van der Waals surface area contributed by atoms with E-state index < -0.39 is 16.7 Å². The van der Waals surface area contributed by atoms with Crippen LogP contribution in [0.1, 0.15) is 5.56 Å². The minimum absolute atomic E-state index is 0.0547. The normalized spacial score (nSPS) is 10.9. The van der Waals surface area contributed by atoms with E-state index in [1.807, 2.05) is 0 Å². The second-order valence-electron chi connectivity index (χ2n) is 4.98. The lowest BCUT2D eigenvalue weighted by Gasteiger charge is -2.10. The number of aromatic nitrogens is 2. The molecule has 0 aliphatic rings. The van der Waals surface area contributed by atoms with Crippen LogP contribution >= 0.6 is 11.6 Å². The van der Waals surface area contributed by atoms with Gasteiger partial charge in [-0.15, -0.1) is 0 Å². The van der Waals surface area contributed by atoms with Gasteiger partial charge in [-0.05, 0) is 17.7 Å². The molecule has 1 aromatic carbocycles. The number of halogens is 1. The van der Waals surface area contributed by atoms with Crippen molar-refractivity contribution >= 4 is 17.1 Å². The van der Waals surface area contributed by atoms with Crippen molar-refractivity contribution in [3.8, 4) is 11.5 Å². The maximum atomic E-state index is 12.5. The maximum Gasteiger partial charge on any atom is 0.279 e. The van der Waals surface area contributed by atoms with Crippen molar-refractivity contribution in [3.05, 3.63) is 74.0 Å². The van der Waals surface area contributed by atoms with Crippen LogP contribution in [-0.4, -0.2) is 21.2 Å². The SMILES string of the molecule is COc1cc(Cn2ccn3ccc(=O)c(O)c3c2=O)ccc1Cl. The van der Waals surface area contributed by atoms with Crippen molar-refractivity contribution in [1.82, 2.24) is 8.97 Å². The Morgan fingerprint density at radius 1 is 1.17 bits per heavy atom. The summed E-state index contributed by atoms with van der Waals surface area (Å²) < 4.78 is 7.97. The highest BCUT2D eigenvalue weighted by molar-refractivity contribution is 6.32. The number of pyridine rings is 1. The van der Waals surface area contributed by atoms with Crippen molar-refractivity contribution in [2.45, 2.75) is 6.54 Å². The number of hydrogen-bond donors (Lipinski definition) is 1. The van der Waals surface area contributed by atoms with Crippen LogP contribution in [0.2, 0.25) is 5.02 Å². The van der Waals surface area contributed by atoms with Crippen LogP contribution in [-0.2, 0) is 6.54 Å². The molecule has 0 aliphatic carbocycles. The van der Waals surface area contributed by atoms with E-state index in [0.29, 0.717) is 10.8 Å². The Hall–Kier alpha value is -2.73. The number of hydrogen-bond acceptors (Lipinski definition) is 4. The van der Waals surface area contributed by atoms with Crippen LogP contribution < -0.4 is 15.7 Å². The van der Waals surface area contributed by atoms with E-state index in [4.69, 9.17) is 16.3 Å². The number of rotatable bonds is 3. The molecule has 0 saturated heterocycles. The molecule has 3 rings (SSSR count). The molecule has 2 heterocycles. The summed E-state index contributed by atoms with van der Waals surface area (Å²) in [5.74, 6) is -0.0439. The van der Waals surface area contributed by atoms with Crippen molar-refractivity contribution in [3.63, 3.8) is 0 Å². The summed E-state index contributed by atoms with van der Waals surface area (Å²) in [7, 11) is 1.51. The fourth-order valence-corrected chi connectivity index (χ4v) is 2.55. The molecule has 1 N–H and O–H groups in total. The summed E-state index contributed by atoms with van der Waals surface area (Å²) >= 11 is 5.98. The van der Waals surface area contributed by atoms with Gasteiger partial charge in [-0.1, -0.05) is 17.7 Å². The Morgan fingerprint density at radius 2 is 1.96 bits per heavy atom. The quantitative estimate of drug-likeness (QED) is 0.794. The molecular weight excluding hydrogens is 320 g/mol. The number of benzene rings is 1. The summed E-state index contributed by atoms with van der Waals surface area (Å²) in [6.07, 6.45) is 4.62. The lowest BCUT2D eigenvalue weighted by Crippen LogP contribution is -2.24. The molecule has 0 aliphatic heterocycles. The maximum absolute atomic E-state index is 12.5. The summed E-state index contributed by atoms with van der Waals surface area (Å²) in [5.41, 5.74) is -0.305. The van der Waals surface area contributed by atoms with Gasteiger partial charge in [-0.25, -0.2) is 0 Å². The first-order chi connectivity index (χ1) is 11.0. The standard InChI is InChI=1S/C16H13ClN2O4/c1-23-13-8-10(2-3-11(13)17)9-19-7-6-18-5-4-12(20)15(21)14(18)16(19)22/h2-8,21H,9H2,1H3. The van der Waals surface area contributed by atoms with Crippen molar-refractivity contribution in [2.75, 3.05) is 7.11 Å². The molecule has 3 aromatic rings. The minimum Gasteiger partial charge on any atom is -0.503 e. The Labute approximate surface area is 135 Å². The summed E-state index contributed by atoms with van der Waals surface area (Å²) in [5, 5.41) is 10.3. The van der Waals surface area contributed by atoms with E-state index in [2.05, 4.69) is 0 Å². The predicted octanol–water partition coefficient (Wildman–Crippen LogP) is 1.88. The molecular formula is C16H13ClN2O4. The lowest BCUT2D eigenvalue weighted by atomic mass is 10.2. The monoisotopic (exact) mass is 332 g/mol. The first kappa shape index (κ1) is 15.2. The smallest absolute Gasteiger partial charge is 0.279 e. The zero-order chi connectivity index (χ0) is 16.6. The number of methoxy groups -OCH3 is 1. The fraction of sp³-hybridized carbons (Fsp3) is 0.125. The number of nitrogens with zero attached hydrogens (tertiary/aromatic N) is 2. The van der Waals surface area contributed by atoms with Crippen molar-refractivity contribution in [2.24, 2.45) is 0 Å². The highest BCUT2D eigenvalue weighted by Gasteiger charge is 2.11. The molecule has 23 heavy (non-hydrogen) atoms. The largest absolute Gasteiger partial charge is 0.503 e. The molecule has 0 radical (unpaired) electrons. The Morgan fingerprint density at radius 3 is 2.70 bits per heavy atom. The molecule has 0 bridgehead atoms. The topological polar surface area (TPSA) is 72.9 Å². The van der Waals surface area contributed by atoms with Crippen LogP contribution in [0.4, 0.5) is 0 Å². The molecule has 0 fully saturated rings. The van der Waals surface area contributed by atoms with Gasteiger partial charge in [-0.2, -0.15) is 0 Å². The molecule has 0 atom stereocenters. The van der Waals surface area contributed by atoms with Crippen LogP contribution in [0.15, 0.2) is 52.4 Å². The zero-order valence-corrected chi connectivity index (χ0v) is 12.9. The number of aromatic hydroxyl groups is 1. The lowest BCUT2D eigenvalue weighted by molar-refractivity contribution is 0.414. The highest BCUT2D eigenvalue weighted by Crippen LogP contribution is 2.25. The van der Waals surface area contributed by atoms with Gasteiger partial charge in [0.25, 0.3) is 5.56 Å². The number of ether oxygens (including phenoxy) is 1. The molecule has 0 spiro atoms. The third kappa shape index (κ3) is 2.68.